The number of nitrogens with one attached hydrogen (secondary N) is 1. The lowest BCUT2D eigenvalue weighted by atomic mass is 10.1. The Hall–Kier alpha value is -2.21. The Morgan fingerprint density at radius 2 is 1.52 bits per heavy atom. The minimum atomic E-state index is -5.05. The normalized spacial score (nSPS) is 11.2. The van der Waals surface area contributed by atoms with Gasteiger partial charge in [-0.25, -0.2) is 0 Å². The lowest BCUT2D eigenvalue weighted by Gasteiger charge is -2.16. The predicted molar refractivity (Wildman–Crippen MR) is 89.9 cm³/mol. The van der Waals surface area contributed by atoms with Gasteiger partial charge in [-0.2, -0.15) is 13.2 Å². The van der Waals surface area contributed by atoms with Gasteiger partial charge in [0.15, 0.2) is 0 Å². The van der Waals surface area contributed by atoms with Crippen LogP contribution in [0.4, 0.5) is 35.9 Å². The van der Waals surface area contributed by atoms with Gasteiger partial charge in [-0.05, 0) is 44.0 Å². The highest BCUT2D eigenvalue weighted by atomic mass is 79.9. The molecule has 0 spiro atoms. The van der Waals surface area contributed by atoms with Crippen molar-refractivity contribution in [3.8, 4) is 0 Å². The van der Waals surface area contributed by atoms with Crippen LogP contribution in [0.25, 0.3) is 0 Å². The van der Waals surface area contributed by atoms with E-state index in [4.69, 9.17) is 0 Å². The van der Waals surface area contributed by atoms with Gasteiger partial charge in [0.1, 0.15) is 5.69 Å². The standard InChI is InChI=1S/C13H6Br2F3N3O4/c14-8-2-1-3-9(15)12(8)19-11-7(13(16,17)18)4-6(20(22)23)5-10(11)21(24)25/h1-5,19H. The molecule has 0 amide bonds. The summed E-state index contributed by atoms with van der Waals surface area (Å²) in [5, 5.41) is 24.4. The molecule has 1 N–H and O–H groups in total. The van der Waals surface area contributed by atoms with E-state index >= 15 is 0 Å². The second kappa shape index (κ2) is 6.96. The summed E-state index contributed by atoms with van der Waals surface area (Å²) < 4.78 is 40.7. The Balaban J connectivity index is 2.78. The van der Waals surface area contributed by atoms with Crippen molar-refractivity contribution in [2.75, 3.05) is 5.32 Å². The van der Waals surface area contributed by atoms with Gasteiger partial charge in [-0.1, -0.05) is 6.07 Å². The van der Waals surface area contributed by atoms with Crippen molar-refractivity contribution in [1.82, 2.24) is 0 Å². The summed E-state index contributed by atoms with van der Waals surface area (Å²) in [4.78, 5) is 19.8. The van der Waals surface area contributed by atoms with Gasteiger partial charge in [0.05, 0.1) is 27.2 Å². The molecule has 2 aromatic carbocycles. The van der Waals surface area contributed by atoms with Crippen LogP contribution in [0, 0.1) is 20.2 Å². The topological polar surface area (TPSA) is 98.3 Å². The van der Waals surface area contributed by atoms with Gasteiger partial charge < -0.3 is 5.32 Å². The number of nitrogens with zero attached hydrogens (tertiary/aromatic N) is 2. The zero-order valence-corrected chi connectivity index (χ0v) is 15.0. The molecular formula is C13H6Br2F3N3O4. The molecule has 2 rings (SSSR count). The van der Waals surface area contributed by atoms with Crippen molar-refractivity contribution in [2.45, 2.75) is 6.18 Å². The third-order valence-corrected chi connectivity index (χ3v) is 4.35. The molecule has 0 heterocycles. The van der Waals surface area contributed by atoms with Crippen LogP contribution >= 0.6 is 31.9 Å². The lowest BCUT2D eigenvalue weighted by Crippen LogP contribution is -2.12. The fourth-order valence-electron chi connectivity index (χ4n) is 1.96. The number of hydrogen-bond donors (Lipinski definition) is 1. The number of non-ortho nitro benzene ring substituents is 1. The quantitative estimate of drug-likeness (QED) is 0.437. The van der Waals surface area contributed by atoms with Crippen molar-refractivity contribution in [2.24, 2.45) is 0 Å². The van der Waals surface area contributed by atoms with Gasteiger partial charge in [-0.15, -0.1) is 0 Å². The minimum absolute atomic E-state index is 0.102. The Morgan fingerprint density at radius 1 is 0.960 bits per heavy atom. The van der Waals surface area contributed by atoms with Crippen LogP contribution in [0.2, 0.25) is 0 Å². The number of nitro groups is 2. The number of anilines is 2. The van der Waals surface area contributed by atoms with Gasteiger partial charge in [-0.3, -0.25) is 20.2 Å². The van der Waals surface area contributed by atoms with Crippen molar-refractivity contribution >= 4 is 54.6 Å². The van der Waals surface area contributed by atoms with Gasteiger partial charge in [0, 0.05) is 15.0 Å². The Bertz CT molecular complexity index is 854. The second-order valence-electron chi connectivity index (χ2n) is 4.62. The van der Waals surface area contributed by atoms with Crippen LogP contribution in [0.3, 0.4) is 0 Å². The van der Waals surface area contributed by atoms with E-state index in [0.717, 1.165) is 0 Å². The number of para-hydroxylation sites is 1. The third kappa shape index (κ3) is 4.07. The fraction of sp³-hybridized carbons (Fsp3) is 0.0769. The molecule has 0 aliphatic rings. The molecule has 0 fully saturated rings. The van der Waals surface area contributed by atoms with Crippen LogP contribution in [-0.2, 0) is 6.18 Å². The Labute approximate surface area is 154 Å². The highest BCUT2D eigenvalue weighted by Gasteiger charge is 2.40. The average molecular weight is 485 g/mol. The largest absolute Gasteiger partial charge is 0.418 e. The fourth-order valence-corrected chi connectivity index (χ4v) is 3.16. The predicted octanol–water partition coefficient (Wildman–Crippen LogP) is 5.79. The molecule has 12 heteroatoms. The Morgan fingerprint density at radius 3 is 1.96 bits per heavy atom. The molecule has 0 aromatic heterocycles. The number of hydrogen-bond acceptors (Lipinski definition) is 5. The molecule has 0 saturated heterocycles. The van der Waals surface area contributed by atoms with Crippen LogP contribution in [-0.4, -0.2) is 9.85 Å². The first-order valence-corrected chi connectivity index (χ1v) is 7.86. The van der Waals surface area contributed by atoms with E-state index in [0.29, 0.717) is 15.0 Å². The van der Waals surface area contributed by atoms with Crippen LogP contribution < -0.4 is 5.32 Å². The van der Waals surface area contributed by atoms with E-state index in [1.807, 2.05) is 0 Å². The molecule has 0 aliphatic heterocycles. The van der Waals surface area contributed by atoms with E-state index in [1.54, 1.807) is 6.07 Å². The summed E-state index contributed by atoms with van der Waals surface area (Å²) in [5.41, 5.74) is -4.41. The maximum Gasteiger partial charge on any atom is 0.418 e. The maximum absolute atomic E-state index is 13.3. The SMILES string of the molecule is O=[N+]([O-])c1cc([N+](=O)[O-])c(Nc2c(Br)cccc2Br)c(C(F)(F)F)c1. The van der Waals surface area contributed by atoms with Crippen molar-refractivity contribution in [3.05, 3.63) is 65.1 Å². The number of nitro benzene ring substituents is 2. The molecule has 0 aliphatic carbocycles. The maximum atomic E-state index is 13.3. The molecule has 25 heavy (non-hydrogen) atoms. The Kier molecular flexibility index (Phi) is 5.32. The van der Waals surface area contributed by atoms with E-state index < -0.39 is 38.6 Å². The second-order valence-corrected chi connectivity index (χ2v) is 6.33. The summed E-state index contributed by atoms with van der Waals surface area (Å²) in [7, 11) is 0. The first-order chi connectivity index (χ1) is 11.5. The monoisotopic (exact) mass is 483 g/mol. The average Bonchev–Trinajstić information content (AvgIpc) is 2.49. The molecule has 7 nitrogen and oxygen atoms in total. The van der Waals surface area contributed by atoms with Crippen LogP contribution in [0.5, 0.6) is 0 Å². The summed E-state index contributed by atoms with van der Waals surface area (Å²) in [5.74, 6) is 0. The summed E-state index contributed by atoms with van der Waals surface area (Å²) in [6, 6.07) is 5.34. The number of halogens is 5. The van der Waals surface area contributed by atoms with Crippen LogP contribution in [0.15, 0.2) is 39.3 Å². The van der Waals surface area contributed by atoms with E-state index in [9.17, 15) is 33.4 Å². The molecule has 0 radical (unpaired) electrons. The zero-order chi connectivity index (χ0) is 18.9. The number of rotatable bonds is 4. The number of alkyl halides is 3. The first-order valence-electron chi connectivity index (χ1n) is 6.27. The minimum Gasteiger partial charge on any atom is -0.348 e. The molecule has 2 aromatic rings. The zero-order valence-electron chi connectivity index (χ0n) is 11.8. The van der Waals surface area contributed by atoms with E-state index in [2.05, 4.69) is 37.2 Å². The van der Waals surface area contributed by atoms with Gasteiger partial charge in [0.2, 0.25) is 0 Å². The van der Waals surface area contributed by atoms with Crippen molar-refractivity contribution in [3.63, 3.8) is 0 Å². The van der Waals surface area contributed by atoms with E-state index in [-0.39, 0.29) is 11.8 Å². The van der Waals surface area contributed by atoms with E-state index in [1.165, 1.54) is 12.1 Å². The summed E-state index contributed by atoms with van der Waals surface area (Å²) >= 11 is 6.25. The summed E-state index contributed by atoms with van der Waals surface area (Å²) in [6.07, 6.45) is -5.05. The van der Waals surface area contributed by atoms with Gasteiger partial charge >= 0.3 is 6.18 Å². The van der Waals surface area contributed by atoms with Crippen molar-refractivity contribution in [1.29, 1.82) is 0 Å². The highest BCUT2D eigenvalue weighted by Crippen LogP contribution is 2.45. The number of benzene rings is 2. The lowest BCUT2D eigenvalue weighted by molar-refractivity contribution is -0.394. The summed E-state index contributed by atoms with van der Waals surface area (Å²) in [6.45, 7) is 0. The molecule has 0 saturated carbocycles. The smallest absolute Gasteiger partial charge is 0.348 e. The molecule has 0 unspecified atom stereocenters. The van der Waals surface area contributed by atoms with Crippen LogP contribution in [0.1, 0.15) is 5.56 Å². The molecular weight excluding hydrogens is 479 g/mol. The molecule has 132 valence electrons. The van der Waals surface area contributed by atoms with Gasteiger partial charge in [0.25, 0.3) is 11.4 Å². The molecule has 0 bridgehead atoms. The van der Waals surface area contributed by atoms with Crippen molar-refractivity contribution < 1.29 is 23.0 Å². The highest BCUT2D eigenvalue weighted by molar-refractivity contribution is 9.11. The first kappa shape index (κ1) is 19.1. The third-order valence-electron chi connectivity index (χ3n) is 3.03. The molecule has 0 atom stereocenters.